The van der Waals surface area contributed by atoms with Crippen LogP contribution in [0.1, 0.15) is 28.5 Å². The van der Waals surface area contributed by atoms with E-state index in [-0.39, 0.29) is 24.1 Å². The van der Waals surface area contributed by atoms with Crippen LogP contribution in [0.4, 0.5) is 0 Å². The molecule has 0 unspecified atom stereocenters. The van der Waals surface area contributed by atoms with E-state index >= 15 is 0 Å². The van der Waals surface area contributed by atoms with Crippen molar-refractivity contribution in [2.24, 2.45) is 11.7 Å². The van der Waals surface area contributed by atoms with E-state index in [1.54, 1.807) is 0 Å². The largest absolute Gasteiger partial charge is 0.396 e. The fourth-order valence-corrected chi connectivity index (χ4v) is 2.27. The number of aliphatic hydroxyl groups is 3. The number of rotatable bonds is 3. The molecule has 0 bridgehead atoms. The van der Waals surface area contributed by atoms with Gasteiger partial charge in [-0.15, -0.1) is 0 Å². The number of aromatic nitrogens is 2. The van der Waals surface area contributed by atoms with Crippen LogP contribution in [-0.2, 0) is 0 Å². The Bertz CT molecular complexity index is 419. The summed E-state index contributed by atoms with van der Waals surface area (Å²) in [7, 11) is 0. The van der Waals surface area contributed by atoms with Gasteiger partial charge in [-0.25, -0.2) is 0 Å². The average molecular weight is 241 g/mol. The Hall–Kier alpha value is -1.44. The maximum atomic E-state index is 10.9. The number of aromatic amines is 1. The van der Waals surface area contributed by atoms with Crippen LogP contribution < -0.4 is 5.73 Å². The molecule has 1 saturated carbocycles. The summed E-state index contributed by atoms with van der Waals surface area (Å²) in [6.07, 6.45) is -1.52. The highest BCUT2D eigenvalue weighted by molar-refractivity contribution is 5.90. The van der Waals surface area contributed by atoms with Crippen LogP contribution in [0.5, 0.6) is 0 Å². The molecule has 0 radical (unpaired) electrons. The van der Waals surface area contributed by atoms with E-state index in [1.807, 2.05) is 0 Å². The first-order valence-electron chi connectivity index (χ1n) is 5.36. The van der Waals surface area contributed by atoms with Gasteiger partial charge in [0.15, 0.2) is 0 Å². The van der Waals surface area contributed by atoms with Crippen molar-refractivity contribution in [2.45, 2.75) is 24.5 Å². The van der Waals surface area contributed by atoms with Crippen molar-refractivity contribution >= 4 is 5.91 Å². The summed E-state index contributed by atoms with van der Waals surface area (Å²) in [5.74, 6) is -1.39. The Morgan fingerprint density at radius 2 is 2.24 bits per heavy atom. The van der Waals surface area contributed by atoms with Crippen LogP contribution >= 0.6 is 0 Å². The first kappa shape index (κ1) is 12.0. The lowest BCUT2D eigenvalue weighted by atomic mass is 10.0. The van der Waals surface area contributed by atoms with Crippen LogP contribution in [0.3, 0.4) is 0 Å². The van der Waals surface area contributed by atoms with Gasteiger partial charge in [0.2, 0.25) is 0 Å². The summed E-state index contributed by atoms with van der Waals surface area (Å²) in [6.45, 7) is -0.189. The number of nitrogens with two attached hydrogens (primary N) is 1. The van der Waals surface area contributed by atoms with Crippen LogP contribution in [0.2, 0.25) is 0 Å². The first-order valence-corrected chi connectivity index (χ1v) is 5.36. The summed E-state index contributed by atoms with van der Waals surface area (Å²) in [6, 6.07) is 1.46. The number of hydrogen-bond donors (Lipinski definition) is 5. The molecule has 7 nitrogen and oxygen atoms in total. The third kappa shape index (κ3) is 2.04. The van der Waals surface area contributed by atoms with Crippen LogP contribution in [0, 0.1) is 5.92 Å². The standard InChI is InChI=1S/C10H15N3O4/c11-10(17)7-2-6(12-13-7)5-1-4(3-14)8(15)9(5)16/h2,4-5,8-9,14-16H,1,3H2,(H2,11,17)(H,12,13)/t4-,5+,8-,9+/m1/s1. The Balaban J connectivity index is 2.19. The zero-order valence-electron chi connectivity index (χ0n) is 9.08. The minimum Gasteiger partial charge on any atom is -0.396 e. The normalized spacial score (nSPS) is 32.9. The predicted octanol–water partition coefficient (Wildman–Crippen LogP) is -1.67. The highest BCUT2D eigenvalue weighted by Crippen LogP contribution is 2.37. The molecule has 0 saturated heterocycles. The van der Waals surface area contributed by atoms with Crippen LogP contribution in [-0.4, -0.2) is 50.2 Å². The zero-order valence-corrected chi connectivity index (χ0v) is 9.08. The Morgan fingerprint density at radius 3 is 2.71 bits per heavy atom. The van der Waals surface area contributed by atoms with Crippen molar-refractivity contribution in [3.8, 4) is 0 Å². The van der Waals surface area contributed by atoms with Gasteiger partial charge in [-0.05, 0) is 12.5 Å². The molecular formula is C10H15N3O4. The number of aliphatic hydroxyl groups excluding tert-OH is 3. The van der Waals surface area contributed by atoms with E-state index in [1.165, 1.54) is 6.07 Å². The Labute approximate surface area is 97.3 Å². The van der Waals surface area contributed by atoms with Gasteiger partial charge in [-0.1, -0.05) is 0 Å². The summed E-state index contributed by atoms with van der Waals surface area (Å²) in [5, 5.41) is 34.9. The number of carbonyl (C=O) groups is 1. The van der Waals surface area contributed by atoms with Crippen molar-refractivity contribution in [3.05, 3.63) is 17.5 Å². The van der Waals surface area contributed by atoms with Gasteiger partial charge >= 0.3 is 0 Å². The number of carbonyl (C=O) groups excluding carboxylic acids is 1. The molecule has 1 aromatic heterocycles. The molecule has 0 aliphatic heterocycles. The molecule has 1 aromatic rings. The molecule has 7 heteroatoms. The van der Waals surface area contributed by atoms with Crippen LogP contribution in [0.15, 0.2) is 6.07 Å². The predicted molar refractivity (Wildman–Crippen MR) is 57.1 cm³/mol. The van der Waals surface area contributed by atoms with Crippen molar-refractivity contribution in [1.29, 1.82) is 0 Å². The van der Waals surface area contributed by atoms with Gasteiger partial charge in [0, 0.05) is 24.1 Å². The smallest absolute Gasteiger partial charge is 0.269 e. The molecule has 1 fully saturated rings. The van der Waals surface area contributed by atoms with Crippen molar-refractivity contribution in [1.82, 2.24) is 10.2 Å². The highest BCUT2D eigenvalue weighted by Gasteiger charge is 2.42. The first-order chi connectivity index (χ1) is 8.04. The minimum atomic E-state index is -0.978. The highest BCUT2D eigenvalue weighted by atomic mass is 16.3. The quantitative estimate of drug-likeness (QED) is 0.431. The average Bonchev–Trinajstić information content (AvgIpc) is 2.87. The second-order valence-electron chi connectivity index (χ2n) is 4.34. The Morgan fingerprint density at radius 1 is 1.53 bits per heavy atom. The lowest BCUT2D eigenvalue weighted by Gasteiger charge is -2.15. The van der Waals surface area contributed by atoms with Crippen molar-refractivity contribution in [2.75, 3.05) is 6.61 Å². The van der Waals surface area contributed by atoms with Gasteiger partial charge in [0.05, 0.1) is 12.2 Å². The molecule has 0 spiro atoms. The molecule has 1 aliphatic rings. The molecule has 1 heterocycles. The van der Waals surface area contributed by atoms with Gasteiger partial charge in [0.1, 0.15) is 5.69 Å². The molecule has 0 aromatic carbocycles. The number of nitrogens with one attached hydrogen (secondary N) is 1. The number of amides is 1. The fourth-order valence-electron chi connectivity index (χ4n) is 2.27. The number of nitrogens with zero attached hydrogens (tertiary/aromatic N) is 1. The van der Waals surface area contributed by atoms with Crippen LogP contribution in [0.25, 0.3) is 0 Å². The summed E-state index contributed by atoms with van der Waals surface area (Å²) >= 11 is 0. The SMILES string of the molecule is NC(=O)c1cc([C@@H]2C[C@H](CO)[C@@H](O)[C@H]2O)[nH]n1. The maximum Gasteiger partial charge on any atom is 0.269 e. The summed E-state index contributed by atoms with van der Waals surface area (Å²) in [4.78, 5) is 10.9. The van der Waals surface area contributed by atoms with Crippen molar-refractivity contribution < 1.29 is 20.1 Å². The summed E-state index contributed by atoms with van der Waals surface area (Å²) < 4.78 is 0. The second kappa shape index (κ2) is 4.44. The van der Waals surface area contributed by atoms with E-state index in [0.717, 1.165) is 0 Å². The van der Waals surface area contributed by atoms with E-state index in [2.05, 4.69) is 10.2 Å². The number of H-pyrrole nitrogens is 1. The number of primary amides is 1. The van der Waals surface area contributed by atoms with Gasteiger partial charge < -0.3 is 21.1 Å². The molecule has 1 aliphatic carbocycles. The molecule has 4 atom stereocenters. The molecular weight excluding hydrogens is 226 g/mol. The van der Waals surface area contributed by atoms with Gasteiger partial charge in [-0.2, -0.15) is 5.10 Å². The topological polar surface area (TPSA) is 132 Å². The van der Waals surface area contributed by atoms with Gasteiger partial charge in [0.25, 0.3) is 5.91 Å². The third-order valence-corrected chi connectivity index (χ3v) is 3.29. The molecule has 6 N–H and O–H groups in total. The zero-order chi connectivity index (χ0) is 12.6. The molecule has 1 amide bonds. The fraction of sp³-hybridized carbons (Fsp3) is 0.600. The van der Waals surface area contributed by atoms with E-state index in [0.29, 0.717) is 12.1 Å². The maximum absolute atomic E-state index is 10.9. The van der Waals surface area contributed by atoms with Crippen molar-refractivity contribution in [3.63, 3.8) is 0 Å². The number of hydrogen-bond acceptors (Lipinski definition) is 5. The van der Waals surface area contributed by atoms with E-state index in [9.17, 15) is 15.0 Å². The second-order valence-corrected chi connectivity index (χ2v) is 4.34. The van der Waals surface area contributed by atoms with E-state index in [4.69, 9.17) is 10.8 Å². The lowest BCUT2D eigenvalue weighted by molar-refractivity contribution is 0.00201. The lowest BCUT2D eigenvalue weighted by Crippen LogP contribution is -2.28. The Kier molecular flexibility index (Phi) is 3.14. The minimum absolute atomic E-state index is 0.0918. The molecule has 17 heavy (non-hydrogen) atoms. The molecule has 2 rings (SSSR count). The molecule has 94 valence electrons. The monoisotopic (exact) mass is 241 g/mol. The third-order valence-electron chi connectivity index (χ3n) is 3.29. The van der Waals surface area contributed by atoms with Gasteiger partial charge in [-0.3, -0.25) is 9.89 Å². The summed E-state index contributed by atoms with van der Waals surface area (Å²) in [5.41, 5.74) is 5.70. The van der Waals surface area contributed by atoms with E-state index < -0.39 is 18.1 Å².